The van der Waals surface area contributed by atoms with E-state index in [1.807, 2.05) is 0 Å². The first-order valence-electron chi connectivity index (χ1n) is 7.28. The van der Waals surface area contributed by atoms with Crippen molar-refractivity contribution in [3.8, 4) is 5.75 Å². The lowest BCUT2D eigenvalue weighted by atomic mass is 10.1. The van der Waals surface area contributed by atoms with E-state index in [0.717, 1.165) is 6.26 Å². The van der Waals surface area contributed by atoms with Crippen LogP contribution in [0.5, 0.6) is 5.75 Å². The van der Waals surface area contributed by atoms with Crippen LogP contribution < -0.4 is 4.72 Å². The molecule has 0 radical (unpaired) electrons. The molecule has 25 heavy (non-hydrogen) atoms. The van der Waals surface area contributed by atoms with Gasteiger partial charge in [-0.25, -0.2) is 13.2 Å². The highest BCUT2D eigenvalue weighted by atomic mass is 32.2. The number of ether oxygens (including phenoxy) is 1. The van der Waals surface area contributed by atoms with Crippen LogP contribution in [0.3, 0.4) is 0 Å². The average molecular weight is 363 g/mol. The summed E-state index contributed by atoms with van der Waals surface area (Å²) in [7, 11) is -3.40. The van der Waals surface area contributed by atoms with Gasteiger partial charge in [-0.05, 0) is 55.5 Å². The molecule has 0 saturated heterocycles. The summed E-state index contributed by atoms with van der Waals surface area (Å²) >= 11 is 0. The quantitative estimate of drug-likeness (QED) is 0.601. The second kappa shape index (κ2) is 7.35. The van der Waals surface area contributed by atoms with Crippen LogP contribution in [0.2, 0.25) is 0 Å². The van der Waals surface area contributed by atoms with Crippen molar-refractivity contribution in [1.82, 2.24) is 0 Å². The molecular weight excluding hydrogens is 346 g/mol. The Balaban J connectivity index is 2.04. The number of benzene rings is 2. The number of phenolic OH excluding ortho intramolecular Hbond substituents is 1. The largest absolute Gasteiger partial charge is 0.508 e. The smallest absolute Gasteiger partial charge is 0.338 e. The summed E-state index contributed by atoms with van der Waals surface area (Å²) in [5, 5.41) is 9.20. The number of aromatic hydroxyl groups is 1. The molecule has 0 spiro atoms. The summed E-state index contributed by atoms with van der Waals surface area (Å²) < 4.78 is 29.7. The number of sulfonamides is 1. The molecule has 0 aromatic heterocycles. The first-order chi connectivity index (χ1) is 11.7. The Labute approximate surface area is 145 Å². The number of rotatable bonds is 6. The molecule has 2 N–H and O–H groups in total. The molecule has 0 aliphatic rings. The molecule has 0 heterocycles. The molecule has 0 fully saturated rings. The lowest BCUT2D eigenvalue weighted by molar-refractivity contribution is 0.0319. The van der Waals surface area contributed by atoms with E-state index >= 15 is 0 Å². The molecule has 132 valence electrons. The van der Waals surface area contributed by atoms with Gasteiger partial charge in [0.15, 0.2) is 6.10 Å². The number of carbonyl (C=O) groups excluding carboxylic acids is 2. The van der Waals surface area contributed by atoms with Crippen molar-refractivity contribution in [2.24, 2.45) is 0 Å². The van der Waals surface area contributed by atoms with Gasteiger partial charge < -0.3 is 9.84 Å². The highest BCUT2D eigenvalue weighted by Crippen LogP contribution is 2.15. The minimum Gasteiger partial charge on any atom is -0.508 e. The fraction of sp³-hybridized carbons (Fsp3) is 0.176. The minimum absolute atomic E-state index is 0.0171. The molecule has 0 saturated carbocycles. The normalized spacial score (nSPS) is 12.2. The van der Waals surface area contributed by atoms with Crippen molar-refractivity contribution in [2.75, 3.05) is 11.0 Å². The molecular formula is C17H17NO6S. The predicted molar refractivity (Wildman–Crippen MR) is 92.2 cm³/mol. The van der Waals surface area contributed by atoms with E-state index in [0.29, 0.717) is 5.69 Å². The average Bonchev–Trinajstić information content (AvgIpc) is 2.54. The van der Waals surface area contributed by atoms with Gasteiger partial charge in [-0.1, -0.05) is 0 Å². The zero-order valence-corrected chi connectivity index (χ0v) is 14.4. The van der Waals surface area contributed by atoms with Crippen LogP contribution >= 0.6 is 0 Å². The Morgan fingerprint density at radius 3 is 2.04 bits per heavy atom. The second-order valence-corrected chi connectivity index (χ2v) is 7.16. The Kier molecular flexibility index (Phi) is 5.43. The summed E-state index contributed by atoms with van der Waals surface area (Å²) in [5.41, 5.74) is 0.822. The molecule has 2 aromatic rings. The molecule has 2 rings (SSSR count). The Morgan fingerprint density at radius 1 is 1.00 bits per heavy atom. The van der Waals surface area contributed by atoms with Gasteiger partial charge in [-0.2, -0.15) is 0 Å². The molecule has 0 unspecified atom stereocenters. The van der Waals surface area contributed by atoms with Crippen molar-refractivity contribution < 1.29 is 27.9 Å². The third-order valence-electron chi connectivity index (χ3n) is 3.23. The van der Waals surface area contributed by atoms with Crippen LogP contribution in [-0.4, -0.2) is 37.6 Å². The SMILES string of the molecule is C[C@@H](OC(=O)c1ccc(O)cc1)C(=O)c1ccc(NS(C)(=O)=O)cc1. The second-order valence-electron chi connectivity index (χ2n) is 5.41. The summed E-state index contributed by atoms with van der Waals surface area (Å²) in [6.45, 7) is 1.45. The van der Waals surface area contributed by atoms with Crippen LogP contribution in [0.25, 0.3) is 0 Å². The standard InChI is InChI=1S/C17H17NO6S/c1-11(24-17(21)13-5-9-15(19)10-6-13)16(20)12-3-7-14(8-4-12)18-25(2,22)23/h3-11,18-19H,1-2H3/t11-/m1/s1. The maximum absolute atomic E-state index is 12.3. The highest BCUT2D eigenvalue weighted by molar-refractivity contribution is 7.92. The topological polar surface area (TPSA) is 110 Å². The van der Waals surface area contributed by atoms with Gasteiger partial charge in [-0.3, -0.25) is 9.52 Å². The molecule has 0 aliphatic carbocycles. The van der Waals surface area contributed by atoms with E-state index in [4.69, 9.17) is 4.74 Å². The van der Waals surface area contributed by atoms with Crippen molar-refractivity contribution in [2.45, 2.75) is 13.0 Å². The van der Waals surface area contributed by atoms with Gasteiger partial charge in [-0.15, -0.1) is 0 Å². The molecule has 2 aromatic carbocycles. The van der Waals surface area contributed by atoms with Gasteiger partial charge in [0.1, 0.15) is 5.75 Å². The number of hydrogen-bond donors (Lipinski definition) is 2. The van der Waals surface area contributed by atoms with Crippen LogP contribution in [0, 0.1) is 0 Å². The number of anilines is 1. The van der Waals surface area contributed by atoms with Gasteiger partial charge in [0.25, 0.3) is 0 Å². The zero-order chi connectivity index (χ0) is 18.6. The van der Waals surface area contributed by atoms with Crippen LogP contribution in [-0.2, 0) is 14.8 Å². The van der Waals surface area contributed by atoms with Crippen molar-refractivity contribution in [3.05, 3.63) is 59.7 Å². The minimum atomic E-state index is -3.40. The molecule has 0 amide bonds. The first kappa shape index (κ1) is 18.5. The summed E-state index contributed by atoms with van der Waals surface area (Å²) in [6.07, 6.45) is 0.00622. The van der Waals surface area contributed by atoms with E-state index < -0.39 is 27.9 Å². The van der Waals surface area contributed by atoms with Crippen LogP contribution in [0.15, 0.2) is 48.5 Å². The maximum Gasteiger partial charge on any atom is 0.338 e. The van der Waals surface area contributed by atoms with Gasteiger partial charge in [0.05, 0.1) is 11.8 Å². The highest BCUT2D eigenvalue weighted by Gasteiger charge is 2.20. The molecule has 1 atom stereocenters. The van der Waals surface area contributed by atoms with E-state index in [9.17, 15) is 23.1 Å². The Morgan fingerprint density at radius 2 is 1.52 bits per heavy atom. The van der Waals surface area contributed by atoms with E-state index in [1.54, 1.807) is 0 Å². The third-order valence-corrected chi connectivity index (χ3v) is 3.84. The van der Waals surface area contributed by atoms with Crippen LogP contribution in [0.4, 0.5) is 5.69 Å². The number of carbonyl (C=O) groups is 2. The summed E-state index contributed by atoms with van der Waals surface area (Å²) in [6, 6.07) is 11.3. The number of ketones is 1. The fourth-order valence-electron chi connectivity index (χ4n) is 2.03. The van der Waals surface area contributed by atoms with Gasteiger partial charge >= 0.3 is 5.97 Å². The number of nitrogens with one attached hydrogen (secondary N) is 1. The first-order valence-corrected chi connectivity index (χ1v) is 9.17. The van der Waals surface area contributed by atoms with E-state index in [-0.39, 0.29) is 16.9 Å². The Hall–Kier alpha value is -2.87. The van der Waals surface area contributed by atoms with Crippen molar-refractivity contribution >= 4 is 27.5 Å². The predicted octanol–water partition coefficient (Wildman–Crippen LogP) is 2.19. The third kappa shape index (κ3) is 5.32. The fourth-order valence-corrected chi connectivity index (χ4v) is 2.60. The monoisotopic (exact) mass is 363 g/mol. The Bertz CT molecular complexity index is 872. The lowest BCUT2D eigenvalue weighted by Gasteiger charge is -2.13. The zero-order valence-electron chi connectivity index (χ0n) is 13.6. The van der Waals surface area contributed by atoms with Crippen LogP contribution in [0.1, 0.15) is 27.6 Å². The number of esters is 1. The van der Waals surface area contributed by atoms with Gasteiger partial charge in [0, 0.05) is 11.3 Å². The molecule has 7 nitrogen and oxygen atoms in total. The summed E-state index contributed by atoms with van der Waals surface area (Å²) in [4.78, 5) is 24.3. The lowest BCUT2D eigenvalue weighted by Crippen LogP contribution is -2.24. The number of phenols is 1. The molecule has 8 heteroatoms. The molecule has 0 aliphatic heterocycles. The van der Waals surface area contributed by atoms with Gasteiger partial charge in [0.2, 0.25) is 15.8 Å². The number of hydrogen-bond acceptors (Lipinski definition) is 6. The summed E-state index contributed by atoms with van der Waals surface area (Å²) in [5.74, 6) is -1.09. The molecule has 0 bridgehead atoms. The maximum atomic E-state index is 12.3. The van der Waals surface area contributed by atoms with Crippen molar-refractivity contribution in [3.63, 3.8) is 0 Å². The number of Topliss-reactive ketones (excluding diaryl/α,β-unsaturated/α-hetero) is 1. The van der Waals surface area contributed by atoms with E-state index in [2.05, 4.69) is 4.72 Å². The van der Waals surface area contributed by atoms with E-state index in [1.165, 1.54) is 55.5 Å². The van der Waals surface area contributed by atoms with Crippen molar-refractivity contribution in [1.29, 1.82) is 0 Å².